The number of aliphatic imine (C=N–C) groups is 1. The normalized spacial score (nSPS) is 11.2. The van der Waals surface area contributed by atoms with Crippen molar-refractivity contribution in [3.63, 3.8) is 0 Å². The maximum absolute atomic E-state index is 13.3. The fraction of sp³-hybridized carbons (Fsp3) is 0.286. The van der Waals surface area contributed by atoms with E-state index in [1.807, 2.05) is 43.5 Å². The van der Waals surface area contributed by atoms with E-state index < -0.39 is 0 Å². The van der Waals surface area contributed by atoms with Crippen molar-refractivity contribution in [1.82, 2.24) is 15.6 Å². The lowest BCUT2D eigenvalue weighted by Crippen LogP contribution is -2.38. The lowest BCUT2D eigenvalue weighted by molar-refractivity contribution is 0.410. The highest BCUT2D eigenvalue weighted by molar-refractivity contribution is 14.0. The van der Waals surface area contributed by atoms with Crippen molar-refractivity contribution in [2.24, 2.45) is 4.99 Å². The van der Waals surface area contributed by atoms with Crippen LogP contribution in [0.3, 0.4) is 0 Å². The number of H-pyrrole nitrogens is 1. The molecule has 0 amide bonds. The van der Waals surface area contributed by atoms with Crippen molar-refractivity contribution >= 4 is 40.8 Å². The van der Waals surface area contributed by atoms with Gasteiger partial charge >= 0.3 is 0 Å². The Kier molecular flexibility index (Phi) is 8.56. The fourth-order valence-electron chi connectivity index (χ4n) is 3.02. The zero-order valence-corrected chi connectivity index (χ0v) is 18.4. The Labute approximate surface area is 181 Å². The largest absolute Gasteiger partial charge is 0.496 e. The first-order valence-electron chi connectivity index (χ1n) is 9.11. The van der Waals surface area contributed by atoms with Gasteiger partial charge in [0.1, 0.15) is 11.6 Å². The molecular formula is C21H26FIN4O. The Hall–Kier alpha value is -2.29. The lowest BCUT2D eigenvalue weighted by atomic mass is 10.1. The number of nitrogens with one attached hydrogen (secondary N) is 3. The van der Waals surface area contributed by atoms with Crippen molar-refractivity contribution in [3.05, 3.63) is 65.6 Å². The van der Waals surface area contributed by atoms with E-state index in [9.17, 15) is 4.39 Å². The van der Waals surface area contributed by atoms with Crippen LogP contribution in [0.2, 0.25) is 0 Å². The highest BCUT2D eigenvalue weighted by atomic mass is 127. The standard InChI is InChI=1S/C21H25FN4O.HI/c1-3-23-21(26-14-16-6-4-5-7-20(16)27-2)24-11-10-15-13-25-19-12-17(22)8-9-18(15)19;/h4-9,12-13,25H,3,10-11,14H2,1-2H3,(H2,23,24,26);1H. The zero-order chi connectivity index (χ0) is 19.1. The van der Waals surface area contributed by atoms with E-state index in [0.29, 0.717) is 6.54 Å². The summed E-state index contributed by atoms with van der Waals surface area (Å²) in [7, 11) is 1.67. The Morgan fingerprint density at radius 2 is 1.96 bits per heavy atom. The molecule has 0 spiro atoms. The zero-order valence-electron chi connectivity index (χ0n) is 16.1. The Balaban J connectivity index is 0.00000280. The number of methoxy groups -OCH3 is 1. The number of halogens is 2. The van der Waals surface area contributed by atoms with Gasteiger partial charge in [-0.05, 0) is 43.2 Å². The van der Waals surface area contributed by atoms with Crippen LogP contribution in [0.15, 0.2) is 53.7 Å². The SMILES string of the molecule is CCNC(=NCc1ccccc1OC)NCCc1c[nH]c2cc(F)ccc12.I. The van der Waals surface area contributed by atoms with Gasteiger partial charge in [0.2, 0.25) is 0 Å². The number of rotatable bonds is 7. The Morgan fingerprint density at radius 3 is 2.75 bits per heavy atom. The number of nitrogens with zero attached hydrogens (tertiary/aromatic N) is 1. The molecule has 0 aliphatic carbocycles. The predicted molar refractivity (Wildman–Crippen MR) is 123 cm³/mol. The molecule has 3 aromatic rings. The van der Waals surface area contributed by atoms with Gasteiger partial charge in [0.25, 0.3) is 0 Å². The van der Waals surface area contributed by atoms with Crippen LogP contribution in [-0.4, -0.2) is 31.1 Å². The van der Waals surface area contributed by atoms with E-state index in [-0.39, 0.29) is 29.8 Å². The molecule has 0 saturated heterocycles. The van der Waals surface area contributed by atoms with Crippen molar-refractivity contribution < 1.29 is 9.13 Å². The quantitative estimate of drug-likeness (QED) is 0.261. The Bertz CT molecular complexity index is 926. The number of hydrogen-bond donors (Lipinski definition) is 3. The van der Waals surface area contributed by atoms with Gasteiger partial charge in [0, 0.05) is 35.8 Å². The third-order valence-electron chi connectivity index (χ3n) is 4.36. The number of fused-ring (bicyclic) bond motifs is 1. The molecule has 1 heterocycles. The molecule has 1 aromatic heterocycles. The van der Waals surface area contributed by atoms with E-state index >= 15 is 0 Å². The second-order valence-electron chi connectivity index (χ2n) is 6.19. The van der Waals surface area contributed by atoms with Crippen LogP contribution < -0.4 is 15.4 Å². The molecule has 0 radical (unpaired) electrons. The molecule has 0 fully saturated rings. The summed E-state index contributed by atoms with van der Waals surface area (Å²) in [4.78, 5) is 7.77. The molecule has 2 aromatic carbocycles. The molecule has 3 rings (SSSR count). The molecule has 5 nitrogen and oxygen atoms in total. The van der Waals surface area contributed by atoms with Crippen LogP contribution in [0, 0.1) is 5.82 Å². The first kappa shape index (κ1) is 22.0. The van der Waals surface area contributed by atoms with E-state index in [1.54, 1.807) is 7.11 Å². The maximum Gasteiger partial charge on any atom is 0.191 e. The second-order valence-corrected chi connectivity index (χ2v) is 6.19. The molecule has 0 unspecified atom stereocenters. The van der Waals surface area contributed by atoms with Gasteiger partial charge in [-0.15, -0.1) is 24.0 Å². The van der Waals surface area contributed by atoms with Crippen molar-refractivity contribution in [1.29, 1.82) is 0 Å². The van der Waals surface area contributed by atoms with E-state index in [0.717, 1.165) is 53.2 Å². The lowest BCUT2D eigenvalue weighted by Gasteiger charge is -2.12. The molecule has 3 N–H and O–H groups in total. The minimum absolute atomic E-state index is 0. The van der Waals surface area contributed by atoms with Crippen molar-refractivity contribution in [3.8, 4) is 5.75 Å². The summed E-state index contributed by atoms with van der Waals surface area (Å²) in [5.41, 5.74) is 3.01. The highest BCUT2D eigenvalue weighted by Gasteiger charge is 2.06. The number of para-hydroxylation sites is 1. The number of guanidine groups is 1. The summed E-state index contributed by atoms with van der Waals surface area (Å²) in [6.07, 6.45) is 2.75. The van der Waals surface area contributed by atoms with Gasteiger partial charge in [-0.3, -0.25) is 0 Å². The van der Waals surface area contributed by atoms with Crippen LogP contribution in [0.5, 0.6) is 5.75 Å². The van der Waals surface area contributed by atoms with Gasteiger partial charge in [0.15, 0.2) is 5.96 Å². The van der Waals surface area contributed by atoms with Crippen LogP contribution in [0.4, 0.5) is 4.39 Å². The summed E-state index contributed by atoms with van der Waals surface area (Å²) < 4.78 is 18.7. The van der Waals surface area contributed by atoms with E-state index in [1.165, 1.54) is 12.1 Å². The first-order chi connectivity index (χ1) is 13.2. The number of ether oxygens (including phenoxy) is 1. The van der Waals surface area contributed by atoms with E-state index in [2.05, 4.69) is 20.6 Å². The van der Waals surface area contributed by atoms with Gasteiger partial charge in [-0.2, -0.15) is 0 Å². The summed E-state index contributed by atoms with van der Waals surface area (Å²) in [5.74, 6) is 1.37. The predicted octanol–water partition coefficient (Wildman–Crippen LogP) is 4.23. The second kappa shape index (κ2) is 10.9. The molecule has 0 saturated carbocycles. The maximum atomic E-state index is 13.3. The number of benzene rings is 2. The minimum atomic E-state index is -0.230. The van der Waals surface area contributed by atoms with Crippen molar-refractivity contribution in [2.45, 2.75) is 19.9 Å². The molecule has 0 atom stereocenters. The number of aromatic amines is 1. The van der Waals surface area contributed by atoms with Crippen molar-refractivity contribution in [2.75, 3.05) is 20.2 Å². The van der Waals surface area contributed by atoms with Crippen LogP contribution >= 0.6 is 24.0 Å². The molecule has 0 bridgehead atoms. The van der Waals surface area contributed by atoms with Gasteiger partial charge in [-0.1, -0.05) is 18.2 Å². The molecule has 150 valence electrons. The average Bonchev–Trinajstić information content (AvgIpc) is 3.08. The number of hydrogen-bond acceptors (Lipinski definition) is 2. The smallest absolute Gasteiger partial charge is 0.191 e. The first-order valence-corrected chi connectivity index (χ1v) is 9.11. The summed E-state index contributed by atoms with van der Waals surface area (Å²) >= 11 is 0. The molecule has 0 aliphatic rings. The molecule has 28 heavy (non-hydrogen) atoms. The minimum Gasteiger partial charge on any atom is -0.496 e. The monoisotopic (exact) mass is 496 g/mol. The van der Waals surface area contributed by atoms with Gasteiger partial charge in [-0.25, -0.2) is 9.38 Å². The van der Waals surface area contributed by atoms with Crippen LogP contribution in [0.25, 0.3) is 10.9 Å². The van der Waals surface area contributed by atoms with E-state index in [4.69, 9.17) is 4.74 Å². The third-order valence-corrected chi connectivity index (χ3v) is 4.36. The third kappa shape index (κ3) is 5.60. The molecule has 7 heteroatoms. The van der Waals surface area contributed by atoms with Crippen LogP contribution in [0.1, 0.15) is 18.1 Å². The summed E-state index contributed by atoms with van der Waals surface area (Å²) in [5, 5.41) is 7.66. The highest BCUT2D eigenvalue weighted by Crippen LogP contribution is 2.20. The number of aromatic nitrogens is 1. The topological polar surface area (TPSA) is 61.4 Å². The van der Waals surface area contributed by atoms with Gasteiger partial charge in [0.05, 0.1) is 13.7 Å². The summed E-state index contributed by atoms with van der Waals surface area (Å²) in [6.45, 7) is 4.08. The average molecular weight is 496 g/mol. The molecule has 0 aliphatic heterocycles. The van der Waals surface area contributed by atoms with Crippen LogP contribution in [-0.2, 0) is 13.0 Å². The summed E-state index contributed by atoms with van der Waals surface area (Å²) in [6, 6.07) is 12.7. The Morgan fingerprint density at radius 1 is 1.14 bits per heavy atom. The fourth-order valence-corrected chi connectivity index (χ4v) is 3.02. The molecular weight excluding hydrogens is 470 g/mol. The van der Waals surface area contributed by atoms with Gasteiger partial charge < -0.3 is 20.4 Å².